The van der Waals surface area contributed by atoms with E-state index in [1.54, 1.807) is 12.1 Å². The Balaban J connectivity index is 1.57. The van der Waals surface area contributed by atoms with E-state index in [1.807, 2.05) is 0 Å². The third-order valence-corrected chi connectivity index (χ3v) is 3.91. The Hall–Kier alpha value is -2.24. The van der Waals surface area contributed by atoms with Crippen molar-refractivity contribution in [2.75, 3.05) is 0 Å². The average Bonchev–Trinajstić information content (AvgIpc) is 2.75. The number of halogens is 1. The summed E-state index contributed by atoms with van der Waals surface area (Å²) in [6.07, 6.45) is 4.67. The molecule has 116 valence electrons. The highest BCUT2D eigenvalue weighted by atomic mass is 19.1. The molecule has 0 saturated heterocycles. The topological polar surface area (TPSA) is 59.8 Å². The predicted molar refractivity (Wildman–Crippen MR) is 79.5 cm³/mol. The number of rotatable bonds is 4. The lowest BCUT2D eigenvalue weighted by Crippen LogP contribution is -2.26. The fraction of sp³-hybridized carbons (Fsp3) is 0.438. The largest absolute Gasteiger partial charge is 0.349 e. The summed E-state index contributed by atoms with van der Waals surface area (Å²) in [7, 11) is 0. The molecule has 2 heterocycles. The van der Waals surface area contributed by atoms with Gasteiger partial charge in [0.05, 0.1) is 13.0 Å². The lowest BCUT2D eigenvalue weighted by Gasteiger charge is -2.08. The van der Waals surface area contributed by atoms with Crippen LogP contribution >= 0.6 is 0 Å². The molecule has 0 saturated carbocycles. The number of nitrogens with zero attached hydrogens (tertiary/aromatic N) is 3. The Kier molecular flexibility index (Phi) is 4.46. The number of aromatic nitrogens is 3. The first kappa shape index (κ1) is 14.7. The number of carbonyl (C=O) groups is 1. The lowest BCUT2D eigenvalue weighted by atomic mass is 10.1. The lowest BCUT2D eigenvalue weighted by molar-refractivity contribution is -0.120. The fourth-order valence-electron chi connectivity index (χ4n) is 2.70. The minimum absolute atomic E-state index is 0.0995. The molecule has 1 aromatic carbocycles. The van der Waals surface area contributed by atoms with Crippen LogP contribution in [0.5, 0.6) is 0 Å². The van der Waals surface area contributed by atoms with Crippen molar-refractivity contribution < 1.29 is 9.18 Å². The van der Waals surface area contributed by atoms with Crippen LogP contribution < -0.4 is 5.32 Å². The second-order valence-corrected chi connectivity index (χ2v) is 5.57. The molecule has 0 aliphatic carbocycles. The minimum Gasteiger partial charge on any atom is -0.349 e. The zero-order valence-corrected chi connectivity index (χ0v) is 12.4. The first-order valence-corrected chi connectivity index (χ1v) is 7.64. The van der Waals surface area contributed by atoms with E-state index >= 15 is 0 Å². The molecule has 0 bridgehead atoms. The van der Waals surface area contributed by atoms with Gasteiger partial charge in [0.15, 0.2) is 5.82 Å². The van der Waals surface area contributed by atoms with E-state index in [0.29, 0.717) is 6.54 Å². The van der Waals surface area contributed by atoms with Gasteiger partial charge in [0, 0.05) is 13.0 Å². The third kappa shape index (κ3) is 3.50. The van der Waals surface area contributed by atoms with Gasteiger partial charge in [-0.2, -0.15) is 0 Å². The zero-order chi connectivity index (χ0) is 15.4. The highest BCUT2D eigenvalue weighted by molar-refractivity contribution is 5.78. The Morgan fingerprint density at radius 3 is 2.82 bits per heavy atom. The summed E-state index contributed by atoms with van der Waals surface area (Å²) in [4.78, 5) is 12.0. The van der Waals surface area contributed by atoms with E-state index in [2.05, 4.69) is 20.1 Å². The summed E-state index contributed by atoms with van der Waals surface area (Å²) in [6.45, 7) is 1.30. The van der Waals surface area contributed by atoms with Crippen LogP contribution in [0.25, 0.3) is 0 Å². The maximum atomic E-state index is 12.8. The molecule has 1 N–H and O–H groups in total. The van der Waals surface area contributed by atoms with Crippen molar-refractivity contribution in [2.24, 2.45) is 0 Å². The van der Waals surface area contributed by atoms with Gasteiger partial charge < -0.3 is 9.88 Å². The summed E-state index contributed by atoms with van der Waals surface area (Å²) in [5.41, 5.74) is 0.791. The molecule has 0 spiro atoms. The maximum absolute atomic E-state index is 12.8. The van der Waals surface area contributed by atoms with Crippen molar-refractivity contribution in [1.29, 1.82) is 0 Å². The molecule has 0 radical (unpaired) electrons. The van der Waals surface area contributed by atoms with E-state index in [0.717, 1.165) is 43.0 Å². The SMILES string of the molecule is O=C(Cc1ccc(F)cc1)NCc1nnc2n1CCCCC2. The van der Waals surface area contributed by atoms with Gasteiger partial charge in [0.1, 0.15) is 11.6 Å². The molecule has 0 unspecified atom stereocenters. The van der Waals surface area contributed by atoms with Crippen LogP contribution in [0.4, 0.5) is 4.39 Å². The van der Waals surface area contributed by atoms with Gasteiger partial charge >= 0.3 is 0 Å². The number of benzene rings is 1. The first-order valence-electron chi connectivity index (χ1n) is 7.64. The molecule has 5 nitrogen and oxygen atoms in total. The summed E-state index contributed by atoms with van der Waals surface area (Å²) in [5.74, 6) is 1.43. The number of amides is 1. The summed E-state index contributed by atoms with van der Waals surface area (Å²) in [6, 6.07) is 5.97. The van der Waals surface area contributed by atoms with Crippen molar-refractivity contribution >= 4 is 5.91 Å². The van der Waals surface area contributed by atoms with Gasteiger partial charge in [-0.1, -0.05) is 18.6 Å². The fourth-order valence-corrected chi connectivity index (χ4v) is 2.70. The van der Waals surface area contributed by atoms with Crippen LogP contribution in [0.1, 0.15) is 36.5 Å². The minimum atomic E-state index is -0.296. The van der Waals surface area contributed by atoms with Crippen molar-refractivity contribution in [2.45, 2.75) is 45.2 Å². The van der Waals surface area contributed by atoms with Crippen molar-refractivity contribution in [3.05, 3.63) is 47.3 Å². The number of carbonyl (C=O) groups excluding carboxylic acids is 1. The van der Waals surface area contributed by atoms with Gasteiger partial charge in [-0.3, -0.25) is 4.79 Å². The number of nitrogens with one attached hydrogen (secondary N) is 1. The standard InChI is InChI=1S/C16H19FN4O/c17-13-7-5-12(6-8-13)10-16(22)18-11-15-20-19-14-4-2-1-3-9-21(14)15/h5-8H,1-4,9-11H2,(H,18,22). The quantitative estimate of drug-likeness (QED) is 0.940. The van der Waals surface area contributed by atoms with E-state index in [-0.39, 0.29) is 18.1 Å². The Morgan fingerprint density at radius 2 is 2.00 bits per heavy atom. The van der Waals surface area contributed by atoms with Gasteiger partial charge in [0.25, 0.3) is 0 Å². The van der Waals surface area contributed by atoms with Crippen LogP contribution in [-0.4, -0.2) is 20.7 Å². The molecule has 2 aromatic rings. The Labute approximate surface area is 128 Å². The first-order chi connectivity index (χ1) is 10.7. The summed E-state index contributed by atoms with van der Waals surface area (Å²) in [5, 5.41) is 11.2. The van der Waals surface area contributed by atoms with Crippen LogP contribution in [0, 0.1) is 5.82 Å². The van der Waals surface area contributed by atoms with Gasteiger partial charge in [-0.25, -0.2) is 4.39 Å². The normalized spacial score (nSPS) is 14.2. The van der Waals surface area contributed by atoms with Crippen molar-refractivity contribution in [3.63, 3.8) is 0 Å². The molecule has 0 atom stereocenters. The Bertz CT molecular complexity index is 651. The summed E-state index contributed by atoms with van der Waals surface area (Å²) < 4.78 is 14.9. The highest BCUT2D eigenvalue weighted by Gasteiger charge is 2.15. The molecular formula is C16H19FN4O. The Morgan fingerprint density at radius 1 is 1.18 bits per heavy atom. The van der Waals surface area contributed by atoms with Gasteiger partial charge in [-0.15, -0.1) is 10.2 Å². The molecule has 22 heavy (non-hydrogen) atoms. The molecule has 3 rings (SSSR count). The number of fused-ring (bicyclic) bond motifs is 1. The molecule has 1 amide bonds. The van der Waals surface area contributed by atoms with E-state index < -0.39 is 0 Å². The third-order valence-electron chi connectivity index (χ3n) is 3.91. The van der Waals surface area contributed by atoms with Crippen LogP contribution in [0.3, 0.4) is 0 Å². The summed E-state index contributed by atoms with van der Waals surface area (Å²) >= 11 is 0. The second kappa shape index (κ2) is 6.68. The molecule has 1 aliphatic rings. The van der Waals surface area contributed by atoms with Crippen LogP contribution in [-0.2, 0) is 30.7 Å². The highest BCUT2D eigenvalue weighted by Crippen LogP contribution is 2.14. The van der Waals surface area contributed by atoms with E-state index in [1.165, 1.54) is 18.6 Å². The van der Waals surface area contributed by atoms with Crippen LogP contribution in [0.15, 0.2) is 24.3 Å². The van der Waals surface area contributed by atoms with E-state index in [9.17, 15) is 9.18 Å². The molecule has 1 aromatic heterocycles. The number of hydrogen-bond acceptors (Lipinski definition) is 3. The second-order valence-electron chi connectivity index (χ2n) is 5.57. The molecule has 1 aliphatic heterocycles. The van der Waals surface area contributed by atoms with Crippen LogP contribution in [0.2, 0.25) is 0 Å². The number of hydrogen-bond donors (Lipinski definition) is 1. The smallest absolute Gasteiger partial charge is 0.224 e. The number of aryl methyl sites for hydroxylation is 1. The molecule has 0 fully saturated rings. The van der Waals surface area contributed by atoms with Gasteiger partial charge in [0.2, 0.25) is 5.91 Å². The zero-order valence-electron chi connectivity index (χ0n) is 12.4. The van der Waals surface area contributed by atoms with Crippen molar-refractivity contribution in [1.82, 2.24) is 20.1 Å². The molecular weight excluding hydrogens is 283 g/mol. The van der Waals surface area contributed by atoms with E-state index in [4.69, 9.17) is 0 Å². The van der Waals surface area contributed by atoms with Crippen molar-refractivity contribution in [3.8, 4) is 0 Å². The van der Waals surface area contributed by atoms with Gasteiger partial charge in [-0.05, 0) is 30.5 Å². The average molecular weight is 302 g/mol. The predicted octanol–water partition coefficient (Wildman–Crippen LogP) is 2.00. The monoisotopic (exact) mass is 302 g/mol. The maximum Gasteiger partial charge on any atom is 0.224 e. The molecule has 6 heteroatoms.